The average molecular weight is 497 g/mol. The first-order chi connectivity index (χ1) is 15.5. The second kappa shape index (κ2) is 11.9. The van der Waals surface area contributed by atoms with Crippen LogP contribution in [0, 0.1) is 10.8 Å². The van der Waals surface area contributed by atoms with Gasteiger partial charge in [-0.3, -0.25) is 10.8 Å². The summed E-state index contributed by atoms with van der Waals surface area (Å²) in [6.07, 6.45) is 0. The number of nitrogens with two attached hydrogens (primary N) is 2. The van der Waals surface area contributed by atoms with Gasteiger partial charge in [0, 0.05) is 11.1 Å². The van der Waals surface area contributed by atoms with Gasteiger partial charge >= 0.3 is 0 Å². The number of amidine groups is 2. The lowest BCUT2D eigenvalue weighted by Gasteiger charge is -2.11. The Morgan fingerprint density at radius 2 is 1.03 bits per heavy atom. The first kappa shape index (κ1) is 26.5. The lowest BCUT2D eigenvalue weighted by molar-refractivity contribution is 0.305. The molecule has 0 atom stereocenters. The molecular weight excluding hydrogens is 471 g/mol. The third-order valence-corrected chi connectivity index (χ3v) is 5.07. The van der Waals surface area contributed by atoms with Crippen molar-refractivity contribution in [3.05, 3.63) is 107 Å². The Morgan fingerprint density at radius 3 is 1.44 bits per heavy atom. The van der Waals surface area contributed by atoms with Gasteiger partial charge in [0.15, 0.2) is 0 Å². The predicted octanol–water partition coefficient (Wildman–Crippen LogP) is 5.41. The van der Waals surface area contributed by atoms with Crippen LogP contribution in [-0.2, 0) is 13.2 Å². The maximum atomic E-state index is 7.57. The zero-order valence-corrected chi connectivity index (χ0v) is 19.9. The Hall–Kier alpha value is -3.74. The highest BCUT2D eigenvalue weighted by Crippen LogP contribution is 2.26. The van der Waals surface area contributed by atoms with Gasteiger partial charge in [-0.05, 0) is 58.3 Å². The van der Waals surface area contributed by atoms with Crippen LogP contribution in [0.3, 0.4) is 0 Å². The Morgan fingerprint density at radius 1 is 0.588 bits per heavy atom. The molecule has 6 N–H and O–H groups in total. The number of benzene rings is 4. The maximum Gasteiger partial charge on any atom is 0.122 e. The van der Waals surface area contributed by atoms with Crippen LogP contribution < -0.4 is 20.9 Å². The number of halogens is 2. The minimum absolute atomic E-state index is 0. The van der Waals surface area contributed by atoms with Crippen LogP contribution in [0.25, 0.3) is 10.8 Å². The van der Waals surface area contributed by atoms with Gasteiger partial charge in [-0.15, -0.1) is 24.8 Å². The second-order valence-corrected chi connectivity index (χ2v) is 7.48. The number of ether oxygens (including phenoxy) is 2. The molecule has 0 fully saturated rings. The number of hydrogen-bond acceptors (Lipinski definition) is 4. The van der Waals surface area contributed by atoms with Gasteiger partial charge in [0.2, 0.25) is 0 Å². The Balaban J connectivity index is 0.00000204. The SMILES string of the molecule is Cl.Cl.N=C(N)c1cccc(COc2ccc3ccc(OCc4cccc(C(=N)N)c4)cc3c2)c1. The third kappa shape index (κ3) is 6.63. The van der Waals surface area contributed by atoms with Crippen molar-refractivity contribution in [1.29, 1.82) is 10.8 Å². The summed E-state index contributed by atoms with van der Waals surface area (Å²) in [6, 6.07) is 26.8. The highest BCUT2D eigenvalue weighted by Gasteiger charge is 2.04. The van der Waals surface area contributed by atoms with E-state index in [1.54, 1.807) is 12.1 Å². The summed E-state index contributed by atoms with van der Waals surface area (Å²) in [5.41, 5.74) is 14.4. The van der Waals surface area contributed by atoms with Crippen molar-refractivity contribution >= 4 is 47.3 Å². The van der Waals surface area contributed by atoms with Crippen molar-refractivity contribution in [3.63, 3.8) is 0 Å². The summed E-state index contributed by atoms with van der Waals surface area (Å²) < 4.78 is 11.9. The van der Waals surface area contributed by atoms with Gasteiger partial charge in [-0.25, -0.2) is 0 Å². The van der Waals surface area contributed by atoms with Crippen LogP contribution in [0.4, 0.5) is 0 Å². The number of nitrogens with one attached hydrogen (secondary N) is 2. The average Bonchev–Trinajstić information content (AvgIpc) is 2.81. The van der Waals surface area contributed by atoms with E-state index in [1.165, 1.54) is 0 Å². The maximum absolute atomic E-state index is 7.57. The molecule has 0 bridgehead atoms. The van der Waals surface area contributed by atoms with Crippen molar-refractivity contribution in [1.82, 2.24) is 0 Å². The molecule has 0 heterocycles. The van der Waals surface area contributed by atoms with E-state index in [0.29, 0.717) is 24.3 Å². The largest absolute Gasteiger partial charge is 0.489 e. The van der Waals surface area contributed by atoms with E-state index in [2.05, 4.69) is 0 Å². The van der Waals surface area contributed by atoms with E-state index in [4.69, 9.17) is 31.8 Å². The summed E-state index contributed by atoms with van der Waals surface area (Å²) in [5.74, 6) is 1.57. The zero-order valence-electron chi connectivity index (χ0n) is 18.3. The van der Waals surface area contributed by atoms with Crippen molar-refractivity contribution in [2.24, 2.45) is 11.5 Å². The van der Waals surface area contributed by atoms with Crippen molar-refractivity contribution in [3.8, 4) is 11.5 Å². The topological polar surface area (TPSA) is 118 Å². The van der Waals surface area contributed by atoms with Crippen LogP contribution in [0.2, 0.25) is 0 Å². The molecule has 4 aromatic carbocycles. The predicted molar refractivity (Wildman–Crippen MR) is 142 cm³/mol. The van der Waals surface area contributed by atoms with Gasteiger partial charge in [-0.1, -0.05) is 48.5 Å². The van der Waals surface area contributed by atoms with Crippen LogP contribution in [0.5, 0.6) is 11.5 Å². The van der Waals surface area contributed by atoms with Crippen LogP contribution in [-0.4, -0.2) is 11.7 Å². The number of fused-ring (bicyclic) bond motifs is 1. The van der Waals surface area contributed by atoms with Gasteiger partial charge < -0.3 is 20.9 Å². The van der Waals surface area contributed by atoms with E-state index in [0.717, 1.165) is 33.4 Å². The first-order valence-corrected chi connectivity index (χ1v) is 10.1. The van der Waals surface area contributed by atoms with Crippen LogP contribution in [0.15, 0.2) is 84.9 Å². The van der Waals surface area contributed by atoms with E-state index in [9.17, 15) is 0 Å². The number of rotatable bonds is 8. The monoisotopic (exact) mass is 496 g/mol. The van der Waals surface area contributed by atoms with Crippen molar-refractivity contribution in [2.75, 3.05) is 0 Å². The van der Waals surface area contributed by atoms with E-state index in [1.807, 2.05) is 72.8 Å². The molecule has 0 radical (unpaired) electrons. The molecule has 34 heavy (non-hydrogen) atoms. The summed E-state index contributed by atoms with van der Waals surface area (Å²) in [4.78, 5) is 0. The standard InChI is InChI=1S/C26H24N4O2.2ClH/c27-25(28)20-5-1-3-17(11-20)15-31-23-9-7-19-8-10-24(14-22(19)13-23)32-16-18-4-2-6-21(12-18)26(29)30;;/h1-14H,15-16H2,(H3,27,28)(H3,29,30);2*1H. The summed E-state index contributed by atoms with van der Waals surface area (Å²) in [5, 5.41) is 17.2. The lowest BCUT2D eigenvalue weighted by atomic mass is 10.1. The van der Waals surface area contributed by atoms with Gasteiger partial charge in [-0.2, -0.15) is 0 Å². The van der Waals surface area contributed by atoms with Crippen LogP contribution in [0.1, 0.15) is 22.3 Å². The minimum Gasteiger partial charge on any atom is -0.489 e. The van der Waals surface area contributed by atoms with Gasteiger partial charge in [0.05, 0.1) is 0 Å². The molecule has 0 aliphatic rings. The quantitative estimate of drug-likeness (QED) is 0.192. The highest BCUT2D eigenvalue weighted by atomic mass is 35.5. The molecule has 0 saturated carbocycles. The smallest absolute Gasteiger partial charge is 0.122 e. The molecule has 0 saturated heterocycles. The summed E-state index contributed by atoms with van der Waals surface area (Å²) in [6.45, 7) is 0.768. The third-order valence-electron chi connectivity index (χ3n) is 5.07. The zero-order chi connectivity index (χ0) is 22.5. The summed E-state index contributed by atoms with van der Waals surface area (Å²) in [7, 11) is 0. The van der Waals surface area contributed by atoms with Crippen molar-refractivity contribution in [2.45, 2.75) is 13.2 Å². The summed E-state index contributed by atoms with van der Waals surface area (Å²) >= 11 is 0. The molecule has 0 aliphatic heterocycles. The molecule has 0 amide bonds. The van der Waals surface area contributed by atoms with Crippen LogP contribution >= 0.6 is 24.8 Å². The van der Waals surface area contributed by atoms with E-state index >= 15 is 0 Å². The minimum atomic E-state index is 0. The molecule has 0 aromatic heterocycles. The molecule has 176 valence electrons. The fourth-order valence-corrected chi connectivity index (χ4v) is 3.37. The highest BCUT2D eigenvalue weighted by molar-refractivity contribution is 5.95. The molecule has 0 unspecified atom stereocenters. The molecular formula is C26H26Cl2N4O2. The van der Waals surface area contributed by atoms with Gasteiger partial charge in [0.25, 0.3) is 0 Å². The van der Waals surface area contributed by atoms with Gasteiger partial charge in [0.1, 0.15) is 36.4 Å². The van der Waals surface area contributed by atoms with Crippen molar-refractivity contribution < 1.29 is 9.47 Å². The molecule has 8 heteroatoms. The molecule has 6 nitrogen and oxygen atoms in total. The van der Waals surface area contributed by atoms with E-state index in [-0.39, 0.29) is 36.5 Å². The fraction of sp³-hybridized carbons (Fsp3) is 0.0769. The lowest BCUT2D eigenvalue weighted by Crippen LogP contribution is -2.11. The number of nitrogen functional groups attached to an aromatic ring is 2. The number of hydrogen-bond donors (Lipinski definition) is 4. The molecule has 4 rings (SSSR count). The Labute approximate surface area is 210 Å². The molecule has 4 aromatic rings. The van der Waals surface area contributed by atoms with E-state index < -0.39 is 0 Å². The molecule has 0 aliphatic carbocycles. The molecule has 0 spiro atoms. The normalized spacial score (nSPS) is 10.0. The Bertz CT molecular complexity index is 1210. The first-order valence-electron chi connectivity index (χ1n) is 10.1. The second-order valence-electron chi connectivity index (χ2n) is 7.48. The fourth-order valence-electron chi connectivity index (χ4n) is 3.37. The Kier molecular flexibility index (Phi) is 9.30.